The molecule has 0 aromatic rings. The van der Waals surface area contributed by atoms with E-state index in [0.29, 0.717) is 11.8 Å². The minimum Gasteiger partial charge on any atom is -0.239 e. The molecule has 2 heterocycles. The summed E-state index contributed by atoms with van der Waals surface area (Å²) in [4.78, 5) is 28.5. The van der Waals surface area contributed by atoms with Crippen molar-refractivity contribution in [2.75, 3.05) is 26.2 Å². The van der Waals surface area contributed by atoms with Gasteiger partial charge in [-0.3, -0.25) is 0 Å². The van der Waals surface area contributed by atoms with Crippen LogP contribution >= 0.6 is 0 Å². The molecule has 0 N–H and O–H groups in total. The number of unbranched alkanes of at least 4 members (excludes halogenated alkanes) is 20. The summed E-state index contributed by atoms with van der Waals surface area (Å²) in [6.07, 6.45) is 34.9. The molecule has 1 aliphatic carbocycles. The molecule has 0 aromatic heterocycles. The molecule has 3 aliphatic rings. The molecule has 2 unspecified atom stereocenters. The van der Waals surface area contributed by atoms with Crippen LogP contribution in [0, 0.1) is 0 Å². The predicted molar refractivity (Wildman–Crippen MR) is 187 cm³/mol. The lowest BCUT2D eigenvalue weighted by molar-refractivity contribution is -0.821. The molecule has 0 radical (unpaired) electrons. The van der Waals surface area contributed by atoms with Crippen LogP contribution in [0.4, 0.5) is 0 Å². The van der Waals surface area contributed by atoms with E-state index in [9.17, 15) is 9.59 Å². The second-order valence-electron chi connectivity index (χ2n) is 15.6. The van der Waals surface area contributed by atoms with Crippen LogP contribution in [0.15, 0.2) is 0 Å². The minimum absolute atomic E-state index is 0.233. The Labute approximate surface area is 274 Å². The largest absolute Gasteiger partial charge is 0.376 e. The molecule has 2 saturated heterocycles. The fourth-order valence-corrected chi connectivity index (χ4v) is 9.61. The van der Waals surface area contributed by atoms with Crippen LogP contribution < -0.4 is 0 Å². The van der Waals surface area contributed by atoms with Gasteiger partial charge in [0, 0.05) is 12.8 Å². The van der Waals surface area contributed by atoms with Crippen LogP contribution in [-0.4, -0.2) is 58.0 Å². The lowest BCUT2D eigenvalue weighted by atomic mass is 9.78. The van der Waals surface area contributed by atoms with E-state index in [1.54, 1.807) is 0 Å². The zero-order valence-electron chi connectivity index (χ0n) is 30.3. The Bertz CT molecular complexity index is 741. The fraction of sp³-hybridized carbons (Fsp3) is 0.950. The Morgan fingerprint density at radius 3 is 0.932 bits per heavy atom. The molecule has 4 heteroatoms. The van der Waals surface area contributed by atoms with Gasteiger partial charge in [0.05, 0.1) is 32.6 Å². The zero-order valence-corrected chi connectivity index (χ0v) is 30.3. The van der Waals surface area contributed by atoms with Gasteiger partial charge in [-0.2, -0.15) is 0 Å². The molecule has 256 valence electrons. The first kappa shape index (κ1) is 37.7. The molecule has 2 atom stereocenters. The van der Waals surface area contributed by atoms with Gasteiger partial charge in [-0.25, -0.2) is 18.6 Å². The van der Waals surface area contributed by atoms with E-state index < -0.39 is 0 Å². The highest BCUT2D eigenvalue weighted by Crippen LogP contribution is 2.64. The molecule has 44 heavy (non-hydrogen) atoms. The summed E-state index contributed by atoms with van der Waals surface area (Å²) in [7, 11) is 0. The third-order valence-corrected chi connectivity index (χ3v) is 12.5. The van der Waals surface area contributed by atoms with Crippen molar-refractivity contribution in [2.24, 2.45) is 0 Å². The van der Waals surface area contributed by atoms with Crippen molar-refractivity contribution in [3.05, 3.63) is 0 Å². The Hall–Kier alpha value is -0.740. The molecule has 0 bridgehead atoms. The van der Waals surface area contributed by atoms with Crippen LogP contribution in [0.3, 0.4) is 0 Å². The van der Waals surface area contributed by atoms with Crippen molar-refractivity contribution in [2.45, 2.75) is 219 Å². The quantitative estimate of drug-likeness (QED) is 0.0498. The molecule has 3 fully saturated rings. The van der Waals surface area contributed by atoms with Crippen molar-refractivity contribution >= 4 is 11.8 Å². The summed E-state index contributed by atoms with van der Waals surface area (Å²) in [5, 5.41) is 0. The second-order valence-corrected chi connectivity index (χ2v) is 15.6. The first-order valence-electron chi connectivity index (χ1n) is 20.3. The number of carbonyl (C=O) groups excluding carboxylic acids is 2. The van der Waals surface area contributed by atoms with Crippen molar-refractivity contribution in [1.29, 1.82) is 0 Å². The van der Waals surface area contributed by atoms with Crippen LogP contribution in [0.2, 0.25) is 0 Å². The number of hydrogen-bond donors (Lipinski definition) is 0. The van der Waals surface area contributed by atoms with E-state index in [-0.39, 0.29) is 11.1 Å². The fourth-order valence-electron chi connectivity index (χ4n) is 9.61. The van der Waals surface area contributed by atoms with Crippen molar-refractivity contribution < 1.29 is 18.6 Å². The van der Waals surface area contributed by atoms with E-state index in [1.165, 1.54) is 154 Å². The second kappa shape index (κ2) is 19.2. The van der Waals surface area contributed by atoms with Crippen molar-refractivity contribution in [3.8, 4) is 0 Å². The third-order valence-electron chi connectivity index (χ3n) is 12.5. The van der Waals surface area contributed by atoms with Gasteiger partial charge in [0.25, 0.3) is 0 Å². The molecule has 1 saturated carbocycles. The number of amides is 2. The maximum absolute atomic E-state index is 14.3. The van der Waals surface area contributed by atoms with Gasteiger partial charge in [0.15, 0.2) is 0 Å². The summed E-state index contributed by atoms with van der Waals surface area (Å²) in [6, 6.07) is 0. The predicted octanol–water partition coefficient (Wildman–Crippen LogP) is 11.2. The maximum atomic E-state index is 14.3. The van der Waals surface area contributed by atoms with Gasteiger partial charge in [-0.05, 0) is 57.8 Å². The number of rotatable bonds is 28. The van der Waals surface area contributed by atoms with Gasteiger partial charge in [-0.1, -0.05) is 130 Å². The highest BCUT2D eigenvalue weighted by Gasteiger charge is 2.91. The van der Waals surface area contributed by atoms with Crippen LogP contribution in [0.1, 0.15) is 207 Å². The molecule has 2 spiro atoms. The van der Waals surface area contributed by atoms with Gasteiger partial charge < -0.3 is 0 Å². The molecule has 2 amide bonds. The SMILES string of the molecule is CCCCCCCC[N+]1(CCCCCCCC)C(=O)C12CCCC1(C2)C(=O)[N+]1(CCCCCCCC)CCCCCCCC. The maximum Gasteiger partial charge on any atom is 0.376 e. The van der Waals surface area contributed by atoms with Gasteiger partial charge in [-0.15, -0.1) is 0 Å². The summed E-state index contributed by atoms with van der Waals surface area (Å²) >= 11 is 0. The molecule has 2 aliphatic heterocycles. The van der Waals surface area contributed by atoms with Crippen molar-refractivity contribution in [3.63, 3.8) is 0 Å². The topological polar surface area (TPSA) is 34.1 Å². The van der Waals surface area contributed by atoms with Crippen LogP contribution in [0.5, 0.6) is 0 Å². The monoisotopic (exact) mass is 617 g/mol. The Kier molecular flexibility index (Phi) is 16.4. The van der Waals surface area contributed by atoms with Gasteiger partial charge in [0.2, 0.25) is 11.1 Å². The first-order chi connectivity index (χ1) is 21.5. The summed E-state index contributed by atoms with van der Waals surface area (Å²) < 4.78 is 1.50. The average molecular weight is 617 g/mol. The first-order valence-corrected chi connectivity index (χ1v) is 20.3. The Balaban J connectivity index is 1.71. The van der Waals surface area contributed by atoms with E-state index in [1.807, 2.05) is 0 Å². The molecular weight excluding hydrogens is 540 g/mol. The minimum atomic E-state index is -0.233. The molecule has 4 nitrogen and oxygen atoms in total. The van der Waals surface area contributed by atoms with E-state index in [2.05, 4.69) is 27.7 Å². The van der Waals surface area contributed by atoms with E-state index in [0.717, 1.165) is 60.8 Å². The summed E-state index contributed by atoms with van der Waals surface area (Å²) in [5.74, 6) is 1.08. The van der Waals surface area contributed by atoms with Gasteiger partial charge in [0.1, 0.15) is 0 Å². The van der Waals surface area contributed by atoms with E-state index >= 15 is 0 Å². The van der Waals surface area contributed by atoms with Crippen LogP contribution in [-0.2, 0) is 9.59 Å². The Morgan fingerprint density at radius 1 is 0.409 bits per heavy atom. The normalized spacial score (nSPS) is 24.9. The van der Waals surface area contributed by atoms with Crippen LogP contribution in [0.25, 0.3) is 0 Å². The summed E-state index contributed by atoms with van der Waals surface area (Å²) in [5.41, 5.74) is -0.466. The summed E-state index contributed by atoms with van der Waals surface area (Å²) in [6.45, 7) is 13.3. The molecule has 0 aromatic carbocycles. The zero-order chi connectivity index (χ0) is 31.8. The average Bonchev–Trinajstić information content (AvgIpc) is 3.71. The highest BCUT2D eigenvalue weighted by molar-refractivity contribution is 5.98. The lowest BCUT2D eigenvalue weighted by Gasteiger charge is -2.31. The number of carbonyl (C=O) groups is 2. The highest BCUT2D eigenvalue weighted by atomic mass is 16.2. The van der Waals surface area contributed by atoms with Crippen molar-refractivity contribution in [1.82, 2.24) is 0 Å². The molecular formula is C40H76N2O2+2. The molecule has 3 rings (SSSR count). The lowest BCUT2D eigenvalue weighted by Crippen LogP contribution is -2.48. The third kappa shape index (κ3) is 8.78. The number of nitrogens with zero attached hydrogens (tertiary/aromatic N) is 2. The number of quaternary nitrogens is 2. The number of hydrogen-bond acceptors (Lipinski definition) is 2. The van der Waals surface area contributed by atoms with Gasteiger partial charge >= 0.3 is 11.8 Å². The standard InChI is InChI=1S/C40H76N2O2/c1-5-9-13-17-21-25-32-41(33-26-22-18-14-10-6-2)37(43)39(41)30-29-31-40(36-39)38(44)42(40,34-27-23-19-15-11-7-3)35-28-24-20-16-12-8-4/h5-36H2,1-4H3/q+2. The van der Waals surface area contributed by atoms with E-state index in [4.69, 9.17) is 0 Å². The Morgan fingerprint density at radius 2 is 0.659 bits per heavy atom. The smallest absolute Gasteiger partial charge is 0.239 e.